The molecule has 1 aliphatic carbocycles. The molecule has 1 aromatic rings. The van der Waals surface area contributed by atoms with Crippen molar-refractivity contribution >= 4 is 35.6 Å². The number of ether oxygens (including phenoxy) is 2. The minimum atomic E-state index is 0. The molecule has 0 spiro atoms. The summed E-state index contributed by atoms with van der Waals surface area (Å²) in [6.45, 7) is 6.94. The molecule has 166 valence electrons. The summed E-state index contributed by atoms with van der Waals surface area (Å²) in [5, 5.41) is 10.3. The molecule has 6 nitrogen and oxygen atoms in total. The molecule has 1 saturated carbocycles. The van der Waals surface area contributed by atoms with Crippen LogP contribution >= 0.6 is 24.0 Å². The molecular formula is C22H39IN4O2. The van der Waals surface area contributed by atoms with Gasteiger partial charge in [0.1, 0.15) is 0 Å². The zero-order chi connectivity index (χ0) is 20.1. The first-order valence-corrected chi connectivity index (χ1v) is 10.5. The summed E-state index contributed by atoms with van der Waals surface area (Å²) < 4.78 is 10.4. The van der Waals surface area contributed by atoms with Gasteiger partial charge in [-0.1, -0.05) is 25.0 Å². The van der Waals surface area contributed by atoms with Crippen LogP contribution in [0.5, 0.6) is 0 Å². The Morgan fingerprint density at radius 2 is 1.72 bits per heavy atom. The Hall–Kier alpha value is -1.06. The normalized spacial score (nSPS) is 15.6. The fourth-order valence-corrected chi connectivity index (χ4v) is 3.77. The van der Waals surface area contributed by atoms with Crippen molar-refractivity contribution in [2.24, 2.45) is 10.4 Å². The summed E-state index contributed by atoms with van der Waals surface area (Å²) in [5.74, 6) is 0.897. The van der Waals surface area contributed by atoms with Crippen molar-refractivity contribution in [3.05, 3.63) is 29.8 Å². The SMILES string of the molecule is CCNC(=NCc1ccc(NCCOC)cc1)NCC1(CCOC)CCCC1.I. The van der Waals surface area contributed by atoms with Crippen LogP contribution in [0.15, 0.2) is 29.3 Å². The van der Waals surface area contributed by atoms with Gasteiger partial charge in [-0.15, -0.1) is 24.0 Å². The summed E-state index contributed by atoms with van der Waals surface area (Å²) in [5.41, 5.74) is 2.66. The van der Waals surface area contributed by atoms with Crippen molar-refractivity contribution in [2.45, 2.75) is 45.6 Å². The highest BCUT2D eigenvalue weighted by Gasteiger charge is 2.33. The summed E-state index contributed by atoms with van der Waals surface area (Å²) >= 11 is 0. The second kappa shape index (κ2) is 14.8. The Morgan fingerprint density at radius 3 is 2.34 bits per heavy atom. The number of aliphatic imine (C=N–C) groups is 1. The van der Waals surface area contributed by atoms with Gasteiger partial charge in [0.05, 0.1) is 13.2 Å². The summed E-state index contributed by atoms with van der Waals surface area (Å²) in [7, 11) is 3.50. The van der Waals surface area contributed by atoms with Crippen LogP contribution in [0.3, 0.4) is 0 Å². The Kier molecular flexibility index (Phi) is 13.3. The third-order valence-electron chi connectivity index (χ3n) is 5.48. The predicted octanol–water partition coefficient (Wildman–Crippen LogP) is 4.01. The molecule has 2 rings (SSSR count). The van der Waals surface area contributed by atoms with E-state index in [0.29, 0.717) is 18.6 Å². The molecule has 0 unspecified atom stereocenters. The number of halogens is 1. The molecule has 0 atom stereocenters. The average Bonchev–Trinajstić information content (AvgIpc) is 3.19. The van der Waals surface area contributed by atoms with Crippen LogP contribution in [-0.4, -0.2) is 53.0 Å². The molecule has 0 aromatic heterocycles. The second-order valence-electron chi connectivity index (χ2n) is 7.62. The number of nitrogens with zero attached hydrogens (tertiary/aromatic N) is 1. The second-order valence-corrected chi connectivity index (χ2v) is 7.62. The van der Waals surface area contributed by atoms with Crippen molar-refractivity contribution in [2.75, 3.05) is 52.4 Å². The van der Waals surface area contributed by atoms with Crippen LogP contribution < -0.4 is 16.0 Å². The van der Waals surface area contributed by atoms with Crippen molar-refractivity contribution in [3.8, 4) is 0 Å². The van der Waals surface area contributed by atoms with Gasteiger partial charge >= 0.3 is 0 Å². The van der Waals surface area contributed by atoms with Crippen LogP contribution in [0.2, 0.25) is 0 Å². The smallest absolute Gasteiger partial charge is 0.191 e. The van der Waals surface area contributed by atoms with E-state index in [1.54, 1.807) is 14.2 Å². The summed E-state index contributed by atoms with van der Waals surface area (Å²) in [4.78, 5) is 4.78. The third kappa shape index (κ3) is 9.53. The van der Waals surface area contributed by atoms with E-state index < -0.39 is 0 Å². The molecule has 0 bridgehead atoms. The standard InChI is InChI=1S/C22H38N4O2.HI/c1-4-23-21(26-18-22(13-15-27-2)11-5-6-12-22)25-17-19-7-9-20(10-8-19)24-14-16-28-3;/h7-10,24H,4-6,11-18H2,1-3H3,(H2,23,25,26);1H. The molecule has 0 radical (unpaired) electrons. The van der Waals surface area contributed by atoms with Gasteiger partial charge in [0, 0.05) is 46.1 Å². The van der Waals surface area contributed by atoms with E-state index in [0.717, 1.165) is 44.3 Å². The van der Waals surface area contributed by atoms with Gasteiger partial charge in [-0.2, -0.15) is 0 Å². The molecule has 0 amide bonds. The van der Waals surface area contributed by atoms with E-state index in [2.05, 4.69) is 47.1 Å². The lowest BCUT2D eigenvalue weighted by Gasteiger charge is -2.30. The number of guanidine groups is 1. The molecule has 3 N–H and O–H groups in total. The number of hydrogen-bond acceptors (Lipinski definition) is 4. The highest BCUT2D eigenvalue weighted by atomic mass is 127. The highest BCUT2D eigenvalue weighted by Crippen LogP contribution is 2.40. The van der Waals surface area contributed by atoms with Crippen molar-refractivity contribution in [3.63, 3.8) is 0 Å². The number of nitrogens with one attached hydrogen (secondary N) is 3. The number of methoxy groups -OCH3 is 2. The first-order valence-electron chi connectivity index (χ1n) is 10.5. The summed E-state index contributed by atoms with van der Waals surface area (Å²) in [6, 6.07) is 8.44. The number of anilines is 1. The molecule has 0 aliphatic heterocycles. The fraction of sp³-hybridized carbons (Fsp3) is 0.682. The Bertz CT molecular complexity index is 575. The van der Waals surface area contributed by atoms with Gasteiger partial charge in [0.15, 0.2) is 5.96 Å². The average molecular weight is 518 g/mol. The van der Waals surface area contributed by atoms with Crippen LogP contribution in [0, 0.1) is 5.41 Å². The van der Waals surface area contributed by atoms with Crippen molar-refractivity contribution < 1.29 is 9.47 Å². The molecule has 1 aromatic carbocycles. The van der Waals surface area contributed by atoms with Crippen molar-refractivity contribution in [1.29, 1.82) is 0 Å². The number of rotatable bonds is 12. The Labute approximate surface area is 193 Å². The van der Waals surface area contributed by atoms with E-state index in [9.17, 15) is 0 Å². The quantitative estimate of drug-likeness (QED) is 0.169. The molecular weight excluding hydrogens is 479 g/mol. The largest absolute Gasteiger partial charge is 0.385 e. The zero-order valence-corrected chi connectivity index (χ0v) is 20.6. The lowest BCUT2D eigenvalue weighted by Crippen LogP contribution is -2.43. The van der Waals surface area contributed by atoms with Gasteiger partial charge in [-0.05, 0) is 49.3 Å². The number of hydrogen-bond donors (Lipinski definition) is 3. The highest BCUT2D eigenvalue weighted by molar-refractivity contribution is 14.0. The number of benzene rings is 1. The Balaban J connectivity index is 0.00000420. The van der Waals surface area contributed by atoms with Gasteiger partial charge in [-0.3, -0.25) is 0 Å². The van der Waals surface area contributed by atoms with Gasteiger partial charge in [0.25, 0.3) is 0 Å². The fourth-order valence-electron chi connectivity index (χ4n) is 3.77. The molecule has 1 aliphatic rings. The minimum absolute atomic E-state index is 0. The van der Waals surface area contributed by atoms with E-state index in [-0.39, 0.29) is 24.0 Å². The molecule has 7 heteroatoms. The van der Waals surface area contributed by atoms with E-state index >= 15 is 0 Å². The zero-order valence-electron chi connectivity index (χ0n) is 18.3. The van der Waals surface area contributed by atoms with Gasteiger partial charge < -0.3 is 25.4 Å². The van der Waals surface area contributed by atoms with E-state index in [1.165, 1.54) is 31.2 Å². The molecule has 0 saturated heterocycles. The predicted molar refractivity (Wildman–Crippen MR) is 132 cm³/mol. The lowest BCUT2D eigenvalue weighted by molar-refractivity contribution is 0.138. The van der Waals surface area contributed by atoms with Gasteiger partial charge in [0.2, 0.25) is 0 Å². The van der Waals surface area contributed by atoms with Gasteiger partial charge in [-0.25, -0.2) is 4.99 Å². The Morgan fingerprint density at radius 1 is 1.03 bits per heavy atom. The maximum Gasteiger partial charge on any atom is 0.191 e. The van der Waals surface area contributed by atoms with Crippen LogP contribution in [-0.2, 0) is 16.0 Å². The van der Waals surface area contributed by atoms with Crippen molar-refractivity contribution in [1.82, 2.24) is 10.6 Å². The van der Waals surface area contributed by atoms with Crippen LogP contribution in [0.1, 0.15) is 44.6 Å². The van der Waals surface area contributed by atoms with E-state index in [1.807, 2.05) is 0 Å². The van der Waals surface area contributed by atoms with Crippen LogP contribution in [0.4, 0.5) is 5.69 Å². The molecule has 0 heterocycles. The van der Waals surface area contributed by atoms with Crippen LogP contribution in [0.25, 0.3) is 0 Å². The first kappa shape index (κ1) is 26.0. The van der Waals surface area contributed by atoms with E-state index in [4.69, 9.17) is 14.5 Å². The lowest BCUT2D eigenvalue weighted by atomic mass is 9.83. The topological polar surface area (TPSA) is 66.9 Å². The maximum absolute atomic E-state index is 5.34. The third-order valence-corrected chi connectivity index (χ3v) is 5.48. The minimum Gasteiger partial charge on any atom is -0.385 e. The molecule has 29 heavy (non-hydrogen) atoms. The molecule has 1 fully saturated rings. The summed E-state index contributed by atoms with van der Waals surface area (Å²) in [6.07, 6.45) is 6.32. The maximum atomic E-state index is 5.34. The monoisotopic (exact) mass is 518 g/mol. The first-order chi connectivity index (χ1) is 13.7.